The first-order valence-corrected chi connectivity index (χ1v) is 11.1. The smallest absolute Gasteiger partial charge is 0.335 e. The van der Waals surface area contributed by atoms with Crippen LogP contribution in [0.4, 0.5) is 0 Å². The fraction of sp³-hybridized carbons (Fsp3) is 0.280. The molecule has 1 unspecified atom stereocenters. The van der Waals surface area contributed by atoms with E-state index in [-0.39, 0.29) is 22.2 Å². The molecule has 32 heavy (non-hydrogen) atoms. The van der Waals surface area contributed by atoms with Gasteiger partial charge in [0.15, 0.2) is 0 Å². The number of carboxylic acids is 1. The number of aromatic nitrogens is 1. The molecular weight excluding hydrogens is 447 g/mol. The van der Waals surface area contributed by atoms with Gasteiger partial charge >= 0.3 is 5.97 Å². The largest absolute Gasteiger partial charge is 0.478 e. The van der Waals surface area contributed by atoms with Crippen LogP contribution in [-0.4, -0.2) is 27.6 Å². The average Bonchev–Trinajstić information content (AvgIpc) is 2.77. The number of hydrogen-bond acceptors (Lipinski definition) is 3. The Balaban J connectivity index is 1.84. The van der Waals surface area contributed by atoms with Gasteiger partial charge in [-0.1, -0.05) is 65.2 Å². The number of carbonyl (C=O) groups is 1. The van der Waals surface area contributed by atoms with Crippen molar-refractivity contribution in [3.05, 3.63) is 103 Å². The monoisotopic (exact) mass is 472 g/mol. The van der Waals surface area contributed by atoms with Gasteiger partial charge in [0.25, 0.3) is 5.56 Å². The molecule has 2 aromatic carbocycles. The fourth-order valence-electron chi connectivity index (χ4n) is 3.56. The summed E-state index contributed by atoms with van der Waals surface area (Å²) >= 11 is 12.7. The van der Waals surface area contributed by atoms with Gasteiger partial charge < -0.3 is 9.67 Å². The zero-order chi connectivity index (χ0) is 23.4. The summed E-state index contributed by atoms with van der Waals surface area (Å²) in [5.41, 5.74) is 3.94. The topological polar surface area (TPSA) is 62.5 Å². The Morgan fingerprint density at radius 3 is 2.28 bits per heavy atom. The number of pyridine rings is 1. The second-order valence-corrected chi connectivity index (χ2v) is 8.81. The molecule has 3 aromatic rings. The zero-order valence-corrected chi connectivity index (χ0v) is 19.8. The predicted octanol–water partition coefficient (Wildman–Crippen LogP) is 5.60. The molecule has 0 amide bonds. The molecule has 1 N–H and O–H groups in total. The minimum absolute atomic E-state index is 0.0780. The van der Waals surface area contributed by atoms with Crippen molar-refractivity contribution < 1.29 is 9.90 Å². The minimum Gasteiger partial charge on any atom is -0.478 e. The second-order valence-electron chi connectivity index (χ2n) is 8.00. The Bertz CT molecular complexity index is 1160. The van der Waals surface area contributed by atoms with Gasteiger partial charge in [-0.05, 0) is 56.6 Å². The van der Waals surface area contributed by atoms with Crippen molar-refractivity contribution in [2.24, 2.45) is 0 Å². The average molecular weight is 473 g/mol. The SMILES string of the molecule is Cc1ccc(C(C)N(C)Cc2c(Cl)cc(Cl)c(=O)n2CCc2ccc(C(=O)O)cc2)cc1. The Hall–Kier alpha value is -2.60. The number of aryl methyl sites for hydroxylation is 2. The highest BCUT2D eigenvalue weighted by Crippen LogP contribution is 2.25. The van der Waals surface area contributed by atoms with Gasteiger partial charge in [0.05, 0.1) is 16.3 Å². The van der Waals surface area contributed by atoms with E-state index in [0.717, 1.165) is 5.56 Å². The van der Waals surface area contributed by atoms with Crippen LogP contribution in [-0.2, 0) is 19.5 Å². The van der Waals surface area contributed by atoms with E-state index < -0.39 is 5.97 Å². The molecule has 0 aliphatic carbocycles. The summed E-state index contributed by atoms with van der Waals surface area (Å²) in [6, 6.07) is 16.6. The quantitative estimate of drug-likeness (QED) is 0.463. The molecule has 0 saturated carbocycles. The van der Waals surface area contributed by atoms with Crippen LogP contribution in [0.25, 0.3) is 0 Å². The minimum atomic E-state index is -0.970. The highest BCUT2D eigenvalue weighted by molar-refractivity contribution is 6.34. The van der Waals surface area contributed by atoms with Crippen molar-refractivity contribution in [2.75, 3.05) is 7.05 Å². The van der Waals surface area contributed by atoms with Crippen LogP contribution in [0.3, 0.4) is 0 Å². The Morgan fingerprint density at radius 2 is 1.69 bits per heavy atom. The molecule has 0 saturated heterocycles. The summed E-state index contributed by atoms with van der Waals surface area (Å²) in [5, 5.41) is 9.58. The normalized spacial score (nSPS) is 12.2. The van der Waals surface area contributed by atoms with Crippen molar-refractivity contribution in [2.45, 2.75) is 39.4 Å². The molecule has 168 valence electrons. The van der Waals surface area contributed by atoms with Crippen molar-refractivity contribution in [3.8, 4) is 0 Å². The lowest BCUT2D eigenvalue weighted by atomic mass is 10.1. The van der Waals surface area contributed by atoms with Crippen molar-refractivity contribution >= 4 is 29.2 Å². The van der Waals surface area contributed by atoms with Crippen molar-refractivity contribution in [1.29, 1.82) is 0 Å². The number of nitrogens with zero attached hydrogens (tertiary/aromatic N) is 2. The molecule has 1 aromatic heterocycles. The molecule has 0 spiro atoms. The third-order valence-corrected chi connectivity index (χ3v) is 6.35. The van der Waals surface area contributed by atoms with Gasteiger partial charge in [0, 0.05) is 19.1 Å². The highest BCUT2D eigenvalue weighted by Gasteiger charge is 2.18. The lowest BCUT2D eigenvalue weighted by molar-refractivity contribution is 0.0697. The standard InChI is InChI=1S/C25H26Cl2N2O3/c1-16-4-8-19(9-5-16)17(2)28(3)15-23-21(26)14-22(27)24(30)29(23)13-12-18-6-10-20(11-7-18)25(31)32/h4-11,14,17H,12-13,15H2,1-3H3,(H,31,32). The third-order valence-electron chi connectivity index (χ3n) is 5.75. The third kappa shape index (κ3) is 5.60. The van der Waals surface area contributed by atoms with Crippen molar-refractivity contribution in [3.63, 3.8) is 0 Å². The van der Waals surface area contributed by atoms with Crippen LogP contribution in [0.15, 0.2) is 59.4 Å². The Labute approximate surface area is 197 Å². The molecule has 1 atom stereocenters. The van der Waals surface area contributed by atoms with Crippen LogP contribution >= 0.6 is 23.2 Å². The van der Waals surface area contributed by atoms with E-state index in [1.165, 1.54) is 17.2 Å². The molecule has 3 rings (SSSR count). The van der Waals surface area contributed by atoms with E-state index in [0.29, 0.717) is 30.2 Å². The Morgan fingerprint density at radius 1 is 1.06 bits per heavy atom. The van der Waals surface area contributed by atoms with E-state index in [1.807, 2.05) is 7.05 Å². The first kappa shape index (κ1) is 24.1. The summed E-state index contributed by atoms with van der Waals surface area (Å²) in [4.78, 5) is 26.0. The van der Waals surface area contributed by atoms with E-state index in [9.17, 15) is 9.59 Å². The van der Waals surface area contributed by atoms with Crippen molar-refractivity contribution in [1.82, 2.24) is 9.47 Å². The molecule has 0 fully saturated rings. The maximum absolute atomic E-state index is 12.8. The van der Waals surface area contributed by atoms with Gasteiger partial charge in [-0.2, -0.15) is 0 Å². The number of halogens is 2. The van der Waals surface area contributed by atoms with E-state index in [2.05, 4.69) is 43.0 Å². The van der Waals surface area contributed by atoms with Gasteiger partial charge in [-0.15, -0.1) is 0 Å². The summed E-state index contributed by atoms with van der Waals surface area (Å²) < 4.78 is 1.62. The molecule has 1 heterocycles. The number of benzene rings is 2. The highest BCUT2D eigenvalue weighted by atomic mass is 35.5. The first-order chi connectivity index (χ1) is 15.2. The fourth-order valence-corrected chi connectivity index (χ4v) is 4.10. The van der Waals surface area contributed by atoms with E-state index >= 15 is 0 Å². The van der Waals surface area contributed by atoms with Crippen LogP contribution in [0.1, 0.15) is 45.7 Å². The molecule has 5 nitrogen and oxygen atoms in total. The van der Waals surface area contributed by atoms with Crippen LogP contribution in [0.5, 0.6) is 0 Å². The van der Waals surface area contributed by atoms with Gasteiger partial charge in [0.1, 0.15) is 5.02 Å². The number of aromatic carboxylic acids is 1. The lowest BCUT2D eigenvalue weighted by Crippen LogP contribution is -2.30. The summed E-state index contributed by atoms with van der Waals surface area (Å²) in [6.45, 7) is 5.02. The van der Waals surface area contributed by atoms with Crippen LogP contribution in [0.2, 0.25) is 10.0 Å². The maximum Gasteiger partial charge on any atom is 0.335 e. The van der Waals surface area contributed by atoms with Gasteiger partial charge in [0.2, 0.25) is 0 Å². The predicted molar refractivity (Wildman–Crippen MR) is 129 cm³/mol. The van der Waals surface area contributed by atoms with E-state index in [1.54, 1.807) is 28.8 Å². The summed E-state index contributed by atoms with van der Waals surface area (Å²) in [7, 11) is 1.99. The molecular formula is C25H26Cl2N2O3. The van der Waals surface area contributed by atoms with Gasteiger partial charge in [-0.25, -0.2) is 4.79 Å². The van der Waals surface area contributed by atoms with E-state index in [4.69, 9.17) is 28.3 Å². The summed E-state index contributed by atoms with van der Waals surface area (Å²) in [6.07, 6.45) is 0.542. The first-order valence-electron chi connectivity index (χ1n) is 10.3. The number of hydrogen-bond donors (Lipinski definition) is 1. The lowest BCUT2D eigenvalue weighted by Gasteiger charge is -2.27. The maximum atomic E-state index is 12.8. The van der Waals surface area contributed by atoms with Crippen LogP contribution in [0, 0.1) is 6.92 Å². The molecule has 0 radical (unpaired) electrons. The Kier molecular flexibility index (Phi) is 7.77. The molecule has 7 heteroatoms. The van der Waals surface area contributed by atoms with Gasteiger partial charge in [-0.3, -0.25) is 9.69 Å². The number of rotatable bonds is 8. The van der Waals surface area contributed by atoms with Crippen LogP contribution < -0.4 is 5.56 Å². The second kappa shape index (κ2) is 10.3. The number of carboxylic acid groups (broad SMARTS) is 1. The zero-order valence-electron chi connectivity index (χ0n) is 18.3. The molecule has 0 aliphatic rings. The molecule has 0 bridgehead atoms. The summed E-state index contributed by atoms with van der Waals surface area (Å²) in [5.74, 6) is -0.970. The molecule has 0 aliphatic heterocycles.